The van der Waals surface area contributed by atoms with E-state index in [0.29, 0.717) is 30.4 Å². The highest BCUT2D eigenvalue weighted by molar-refractivity contribution is 5.35. The molecule has 0 saturated heterocycles. The first-order chi connectivity index (χ1) is 9.77. The van der Waals surface area contributed by atoms with Crippen molar-refractivity contribution in [3.05, 3.63) is 71.8 Å². The average Bonchev–Trinajstić information content (AvgIpc) is 2.53. The smallest absolute Gasteiger partial charge is 0.161 e. The summed E-state index contributed by atoms with van der Waals surface area (Å²) in [7, 11) is 0. The number of rotatable bonds is 6. The normalized spacial score (nSPS) is 11.0. The van der Waals surface area contributed by atoms with Gasteiger partial charge in [0.2, 0.25) is 0 Å². The molecule has 0 heterocycles. The predicted molar refractivity (Wildman–Crippen MR) is 78.9 cm³/mol. The van der Waals surface area contributed by atoms with Gasteiger partial charge >= 0.3 is 0 Å². The molecule has 1 nitrogen and oxygen atoms in total. The van der Waals surface area contributed by atoms with Crippen LogP contribution in [0.2, 0.25) is 0 Å². The Morgan fingerprint density at radius 2 is 1.35 bits per heavy atom. The van der Waals surface area contributed by atoms with E-state index in [4.69, 9.17) is 5.26 Å². The molecule has 0 amide bonds. The van der Waals surface area contributed by atoms with Crippen LogP contribution in [0.1, 0.15) is 36.8 Å². The highest BCUT2D eigenvalue weighted by Gasteiger charge is 2.33. The Labute approximate surface area is 119 Å². The minimum Gasteiger partial charge on any atom is -0.233 e. The zero-order chi connectivity index (χ0) is 14.3. The first-order valence-electron chi connectivity index (χ1n) is 6.94. The highest BCUT2D eigenvalue weighted by atomic mass is 19.1. The van der Waals surface area contributed by atoms with Gasteiger partial charge in [0.15, 0.2) is 5.67 Å². The summed E-state index contributed by atoms with van der Waals surface area (Å²) in [4.78, 5) is 0. The summed E-state index contributed by atoms with van der Waals surface area (Å²) in [6.07, 6.45) is 2.33. The summed E-state index contributed by atoms with van der Waals surface area (Å²) < 4.78 is 15.6. The third-order valence-corrected chi connectivity index (χ3v) is 3.52. The van der Waals surface area contributed by atoms with E-state index in [1.54, 1.807) is 0 Å². The number of halogens is 1. The maximum atomic E-state index is 15.6. The van der Waals surface area contributed by atoms with Crippen molar-refractivity contribution in [2.24, 2.45) is 0 Å². The summed E-state index contributed by atoms with van der Waals surface area (Å²) in [6.45, 7) is 0. The van der Waals surface area contributed by atoms with Crippen LogP contribution in [-0.2, 0) is 5.67 Å². The summed E-state index contributed by atoms with van der Waals surface area (Å²) in [6, 6.07) is 20.7. The Bertz CT molecular complexity index is 517. The molecule has 0 aliphatic carbocycles. The Balaban J connectivity index is 2.27. The molecule has 0 fully saturated rings. The molecule has 0 aliphatic rings. The number of nitriles is 1. The van der Waals surface area contributed by atoms with Crippen LogP contribution in [0.3, 0.4) is 0 Å². The molecular weight excluding hydrogens is 249 g/mol. The second kappa shape index (κ2) is 6.86. The lowest BCUT2D eigenvalue weighted by atomic mass is 9.84. The van der Waals surface area contributed by atoms with Crippen molar-refractivity contribution in [3.8, 4) is 6.07 Å². The minimum absolute atomic E-state index is 0.405. The highest BCUT2D eigenvalue weighted by Crippen LogP contribution is 2.38. The van der Waals surface area contributed by atoms with Crippen LogP contribution < -0.4 is 0 Å². The molecule has 0 spiro atoms. The molecule has 0 bridgehead atoms. The van der Waals surface area contributed by atoms with Crippen molar-refractivity contribution in [2.75, 3.05) is 0 Å². The van der Waals surface area contributed by atoms with Gasteiger partial charge in [0.05, 0.1) is 6.07 Å². The number of hydrogen-bond acceptors (Lipinski definition) is 1. The molecule has 0 unspecified atom stereocenters. The molecule has 0 aliphatic heterocycles. The molecule has 20 heavy (non-hydrogen) atoms. The zero-order valence-electron chi connectivity index (χ0n) is 11.4. The fraction of sp³-hybridized carbons (Fsp3) is 0.278. The molecule has 0 saturated carbocycles. The quantitative estimate of drug-likeness (QED) is 0.677. The SMILES string of the molecule is N#CCCCCC(F)(c1ccccc1)c1ccccc1. The Hall–Kier alpha value is -2.14. The lowest BCUT2D eigenvalue weighted by molar-refractivity contribution is 0.200. The first-order valence-corrected chi connectivity index (χ1v) is 6.94. The van der Waals surface area contributed by atoms with Gasteiger partial charge in [-0.15, -0.1) is 0 Å². The van der Waals surface area contributed by atoms with Crippen LogP contribution in [0.5, 0.6) is 0 Å². The molecule has 0 N–H and O–H groups in total. The molecule has 0 aromatic heterocycles. The molecule has 102 valence electrons. The fourth-order valence-electron chi connectivity index (χ4n) is 2.43. The number of nitrogens with zero attached hydrogens (tertiary/aromatic N) is 1. The zero-order valence-corrected chi connectivity index (χ0v) is 11.4. The van der Waals surface area contributed by atoms with Gasteiger partial charge in [0.1, 0.15) is 0 Å². The van der Waals surface area contributed by atoms with Crippen molar-refractivity contribution in [2.45, 2.75) is 31.4 Å². The van der Waals surface area contributed by atoms with E-state index in [0.717, 1.165) is 6.42 Å². The van der Waals surface area contributed by atoms with Gasteiger partial charge in [-0.1, -0.05) is 60.7 Å². The van der Waals surface area contributed by atoms with E-state index in [1.807, 2.05) is 60.7 Å². The Morgan fingerprint density at radius 3 is 1.80 bits per heavy atom. The average molecular weight is 267 g/mol. The second-order valence-corrected chi connectivity index (χ2v) is 4.90. The number of unbranched alkanes of at least 4 members (excludes halogenated alkanes) is 2. The van der Waals surface area contributed by atoms with Gasteiger partial charge in [0.25, 0.3) is 0 Å². The molecule has 2 rings (SSSR count). The molecule has 2 heteroatoms. The molecule has 0 radical (unpaired) electrons. The third kappa shape index (κ3) is 3.24. The lowest BCUT2D eigenvalue weighted by Crippen LogP contribution is -2.21. The summed E-state index contributed by atoms with van der Waals surface area (Å²) in [5.41, 5.74) is -0.107. The predicted octanol–water partition coefficient (Wildman–Crippen LogP) is 4.98. The van der Waals surface area contributed by atoms with E-state index < -0.39 is 5.67 Å². The van der Waals surface area contributed by atoms with Crippen molar-refractivity contribution in [3.63, 3.8) is 0 Å². The van der Waals surface area contributed by atoms with E-state index in [1.165, 1.54) is 0 Å². The van der Waals surface area contributed by atoms with E-state index in [2.05, 4.69) is 6.07 Å². The van der Waals surface area contributed by atoms with Crippen LogP contribution in [0, 0.1) is 11.3 Å². The maximum absolute atomic E-state index is 15.6. The molecule has 0 atom stereocenters. The van der Waals surface area contributed by atoms with Gasteiger partial charge in [-0.25, -0.2) is 4.39 Å². The van der Waals surface area contributed by atoms with Gasteiger partial charge in [-0.3, -0.25) is 0 Å². The monoisotopic (exact) mass is 267 g/mol. The molecular formula is C18H18FN. The van der Waals surface area contributed by atoms with Gasteiger partial charge < -0.3 is 0 Å². The van der Waals surface area contributed by atoms with Crippen LogP contribution in [0.4, 0.5) is 4.39 Å². The number of alkyl halides is 1. The Kier molecular flexibility index (Phi) is 4.90. The second-order valence-electron chi connectivity index (χ2n) is 4.90. The van der Waals surface area contributed by atoms with Crippen LogP contribution >= 0.6 is 0 Å². The van der Waals surface area contributed by atoms with Crippen molar-refractivity contribution in [1.82, 2.24) is 0 Å². The van der Waals surface area contributed by atoms with Gasteiger partial charge in [0, 0.05) is 6.42 Å². The van der Waals surface area contributed by atoms with Crippen molar-refractivity contribution < 1.29 is 4.39 Å². The standard InChI is InChI=1S/C18H18FN/c19-18(14-8-3-9-15-20,16-10-4-1-5-11-16)17-12-6-2-7-13-17/h1-2,4-7,10-13H,3,8-9,14H2. The van der Waals surface area contributed by atoms with E-state index in [9.17, 15) is 0 Å². The number of hydrogen-bond donors (Lipinski definition) is 0. The topological polar surface area (TPSA) is 23.8 Å². The van der Waals surface area contributed by atoms with Gasteiger partial charge in [-0.2, -0.15) is 5.26 Å². The molecule has 2 aromatic carbocycles. The van der Waals surface area contributed by atoms with Crippen molar-refractivity contribution >= 4 is 0 Å². The maximum Gasteiger partial charge on any atom is 0.161 e. The van der Waals surface area contributed by atoms with E-state index in [-0.39, 0.29) is 0 Å². The lowest BCUT2D eigenvalue weighted by Gasteiger charge is -2.26. The summed E-state index contributed by atoms with van der Waals surface area (Å²) >= 11 is 0. The van der Waals surface area contributed by atoms with E-state index >= 15 is 4.39 Å². The van der Waals surface area contributed by atoms with Crippen molar-refractivity contribution in [1.29, 1.82) is 5.26 Å². The summed E-state index contributed by atoms with van der Waals surface area (Å²) in [5, 5.41) is 8.59. The first kappa shape index (κ1) is 14.3. The van der Waals surface area contributed by atoms with Crippen LogP contribution in [0.15, 0.2) is 60.7 Å². The van der Waals surface area contributed by atoms with Crippen LogP contribution in [-0.4, -0.2) is 0 Å². The largest absolute Gasteiger partial charge is 0.233 e. The van der Waals surface area contributed by atoms with Crippen LogP contribution in [0.25, 0.3) is 0 Å². The Morgan fingerprint density at radius 1 is 0.850 bits per heavy atom. The fourth-order valence-corrected chi connectivity index (χ4v) is 2.43. The third-order valence-electron chi connectivity index (χ3n) is 3.52. The summed E-state index contributed by atoms with van der Waals surface area (Å²) in [5.74, 6) is 0. The molecule has 2 aromatic rings. The van der Waals surface area contributed by atoms with Gasteiger partial charge in [-0.05, 0) is 30.4 Å². The minimum atomic E-state index is -1.47. The number of benzene rings is 2.